The van der Waals surface area contributed by atoms with E-state index in [1.54, 1.807) is 9.42 Å². The van der Waals surface area contributed by atoms with E-state index in [1.807, 2.05) is 39.1 Å². The van der Waals surface area contributed by atoms with Crippen molar-refractivity contribution < 1.29 is 4.79 Å². The number of hydrogen-bond acceptors (Lipinski definition) is 4. The van der Waals surface area contributed by atoms with Crippen LogP contribution in [0.15, 0.2) is 36.5 Å². The fourth-order valence-electron chi connectivity index (χ4n) is 3.46. The summed E-state index contributed by atoms with van der Waals surface area (Å²) in [6.45, 7) is 4.62. The third-order valence-corrected chi connectivity index (χ3v) is 5.15. The van der Waals surface area contributed by atoms with Crippen molar-refractivity contribution in [3.8, 4) is 6.07 Å². The quantitative estimate of drug-likeness (QED) is 0.635. The molecule has 0 aliphatic heterocycles. The second-order valence-corrected chi connectivity index (χ2v) is 7.07. The third kappa shape index (κ3) is 4.20. The Hall–Kier alpha value is -3.20. The lowest BCUT2D eigenvalue weighted by molar-refractivity contribution is -0.129. The zero-order chi connectivity index (χ0) is 20.1. The van der Waals surface area contributed by atoms with Gasteiger partial charge in [0.1, 0.15) is 11.6 Å². The minimum absolute atomic E-state index is 0.130. The number of benzene rings is 1. The van der Waals surface area contributed by atoms with Gasteiger partial charge < -0.3 is 4.90 Å². The maximum Gasteiger partial charge on any atom is 0.222 e. The summed E-state index contributed by atoms with van der Waals surface area (Å²) in [6, 6.07) is 12.4. The van der Waals surface area contributed by atoms with Gasteiger partial charge in [-0.05, 0) is 44.2 Å². The summed E-state index contributed by atoms with van der Waals surface area (Å²) in [5.74, 6) is 0.130. The van der Waals surface area contributed by atoms with Gasteiger partial charge in [-0.25, -0.2) is 9.50 Å². The van der Waals surface area contributed by atoms with Crippen LogP contribution in [0.3, 0.4) is 0 Å². The summed E-state index contributed by atoms with van der Waals surface area (Å²) in [5, 5.41) is 13.4. The molecule has 1 amide bonds. The summed E-state index contributed by atoms with van der Waals surface area (Å²) < 4.78 is 1.69. The van der Waals surface area contributed by atoms with Crippen LogP contribution in [0.25, 0.3) is 5.65 Å². The van der Waals surface area contributed by atoms with Crippen molar-refractivity contribution >= 4 is 11.6 Å². The standard InChI is InChI=1S/C22H25N5O/c1-16-20(17(2)27-22(25-16)19(14-23)15-24-27)11-12-21(28)26(3)13-7-10-18-8-5-4-6-9-18/h4-6,8-9,15H,7,10-13H2,1-3H3. The minimum atomic E-state index is 0.130. The van der Waals surface area contributed by atoms with Crippen LogP contribution in [0.4, 0.5) is 0 Å². The molecule has 0 saturated carbocycles. The van der Waals surface area contributed by atoms with E-state index in [0.717, 1.165) is 36.3 Å². The van der Waals surface area contributed by atoms with Gasteiger partial charge in [-0.2, -0.15) is 10.4 Å². The Kier molecular flexibility index (Phi) is 6.05. The van der Waals surface area contributed by atoms with Crippen LogP contribution in [-0.2, 0) is 17.6 Å². The number of hydrogen-bond donors (Lipinski definition) is 0. The second-order valence-electron chi connectivity index (χ2n) is 7.07. The molecule has 6 heteroatoms. The van der Waals surface area contributed by atoms with Crippen molar-refractivity contribution in [2.24, 2.45) is 0 Å². The summed E-state index contributed by atoms with van der Waals surface area (Å²) in [5.41, 5.74) is 5.14. The molecule has 28 heavy (non-hydrogen) atoms. The van der Waals surface area contributed by atoms with Crippen LogP contribution in [0, 0.1) is 25.2 Å². The first-order valence-electron chi connectivity index (χ1n) is 9.53. The van der Waals surface area contributed by atoms with Gasteiger partial charge in [-0.1, -0.05) is 30.3 Å². The Morgan fingerprint density at radius 2 is 1.96 bits per heavy atom. The van der Waals surface area contributed by atoms with E-state index in [1.165, 1.54) is 11.8 Å². The number of rotatable bonds is 7. The normalized spacial score (nSPS) is 10.8. The number of carbonyl (C=O) groups excluding carboxylic acids is 1. The van der Waals surface area contributed by atoms with Gasteiger partial charge in [0.15, 0.2) is 5.65 Å². The minimum Gasteiger partial charge on any atom is -0.346 e. The predicted molar refractivity (Wildman–Crippen MR) is 108 cm³/mol. The number of amides is 1. The van der Waals surface area contributed by atoms with Gasteiger partial charge in [-0.3, -0.25) is 4.79 Å². The highest BCUT2D eigenvalue weighted by atomic mass is 16.2. The maximum absolute atomic E-state index is 12.5. The lowest BCUT2D eigenvalue weighted by Gasteiger charge is -2.18. The molecule has 0 bridgehead atoms. The summed E-state index contributed by atoms with van der Waals surface area (Å²) in [4.78, 5) is 18.9. The lowest BCUT2D eigenvalue weighted by Crippen LogP contribution is -2.28. The third-order valence-electron chi connectivity index (χ3n) is 5.15. The molecule has 0 unspecified atom stereocenters. The van der Waals surface area contributed by atoms with Gasteiger partial charge in [0.25, 0.3) is 0 Å². The highest BCUT2D eigenvalue weighted by Crippen LogP contribution is 2.18. The van der Waals surface area contributed by atoms with E-state index >= 15 is 0 Å². The van der Waals surface area contributed by atoms with E-state index in [0.29, 0.717) is 24.1 Å². The molecule has 144 valence electrons. The molecule has 0 fully saturated rings. The van der Waals surface area contributed by atoms with Crippen molar-refractivity contribution in [3.05, 3.63) is 64.6 Å². The van der Waals surface area contributed by atoms with Gasteiger partial charge in [0.05, 0.1) is 6.20 Å². The fourth-order valence-corrected chi connectivity index (χ4v) is 3.46. The molecular weight excluding hydrogens is 350 g/mol. The Bertz CT molecular complexity index is 1020. The molecule has 0 spiro atoms. The molecule has 3 aromatic rings. The van der Waals surface area contributed by atoms with Crippen LogP contribution in [0.2, 0.25) is 0 Å². The van der Waals surface area contributed by atoms with Gasteiger partial charge in [-0.15, -0.1) is 0 Å². The van der Waals surface area contributed by atoms with Crippen LogP contribution in [0.5, 0.6) is 0 Å². The van der Waals surface area contributed by atoms with E-state index in [4.69, 9.17) is 5.26 Å². The summed E-state index contributed by atoms with van der Waals surface area (Å²) in [7, 11) is 1.86. The van der Waals surface area contributed by atoms with Gasteiger partial charge in [0.2, 0.25) is 5.91 Å². The van der Waals surface area contributed by atoms with Crippen LogP contribution < -0.4 is 0 Å². The first-order valence-corrected chi connectivity index (χ1v) is 9.53. The SMILES string of the molecule is Cc1nc2c(C#N)cnn2c(C)c1CCC(=O)N(C)CCCc1ccccc1. The van der Waals surface area contributed by atoms with Gasteiger partial charge in [0, 0.05) is 31.4 Å². The van der Waals surface area contributed by atoms with Crippen molar-refractivity contribution in [1.29, 1.82) is 5.26 Å². The van der Waals surface area contributed by atoms with E-state index in [9.17, 15) is 4.79 Å². The number of aromatic nitrogens is 3. The predicted octanol–water partition coefficient (Wildman–Crippen LogP) is 3.24. The molecule has 0 N–H and O–H groups in total. The largest absolute Gasteiger partial charge is 0.346 e. The summed E-state index contributed by atoms with van der Waals surface area (Å²) in [6.07, 6.45) is 4.50. The molecule has 0 saturated heterocycles. The smallest absolute Gasteiger partial charge is 0.222 e. The molecule has 6 nitrogen and oxygen atoms in total. The molecule has 0 aliphatic carbocycles. The van der Waals surface area contributed by atoms with Crippen LogP contribution >= 0.6 is 0 Å². The highest BCUT2D eigenvalue weighted by molar-refractivity contribution is 5.76. The number of nitriles is 1. The molecular formula is C22H25N5O. The Morgan fingerprint density at radius 3 is 2.68 bits per heavy atom. The Labute approximate surface area is 165 Å². The first-order chi connectivity index (χ1) is 13.5. The zero-order valence-electron chi connectivity index (χ0n) is 16.6. The number of aryl methyl sites for hydroxylation is 3. The molecule has 2 heterocycles. The molecule has 1 aromatic carbocycles. The number of nitrogens with zero attached hydrogens (tertiary/aromatic N) is 5. The van der Waals surface area contributed by atoms with E-state index < -0.39 is 0 Å². The zero-order valence-corrected chi connectivity index (χ0v) is 16.6. The Morgan fingerprint density at radius 1 is 1.21 bits per heavy atom. The van der Waals surface area contributed by atoms with Gasteiger partial charge >= 0.3 is 0 Å². The molecule has 0 aliphatic rings. The topological polar surface area (TPSA) is 74.3 Å². The number of carbonyl (C=O) groups is 1. The second kappa shape index (κ2) is 8.66. The number of fused-ring (bicyclic) bond motifs is 1. The highest BCUT2D eigenvalue weighted by Gasteiger charge is 2.16. The van der Waals surface area contributed by atoms with Crippen molar-refractivity contribution in [1.82, 2.24) is 19.5 Å². The monoisotopic (exact) mass is 375 g/mol. The molecule has 2 aromatic heterocycles. The van der Waals surface area contributed by atoms with Crippen molar-refractivity contribution in [2.75, 3.05) is 13.6 Å². The molecule has 0 atom stereocenters. The van der Waals surface area contributed by atoms with Crippen LogP contribution in [0.1, 0.15) is 40.9 Å². The van der Waals surface area contributed by atoms with Crippen molar-refractivity contribution in [2.45, 2.75) is 39.5 Å². The fraction of sp³-hybridized carbons (Fsp3) is 0.364. The van der Waals surface area contributed by atoms with Crippen LogP contribution in [-0.4, -0.2) is 39.0 Å². The van der Waals surface area contributed by atoms with Crippen molar-refractivity contribution in [3.63, 3.8) is 0 Å². The average molecular weight is 375 g/mol. The molecule has 3 rings (SSSR count). The maximum atomic E-state index is 12.5. The van der Waals surface area contributed by atoms with E-state index in [-0.39, 0.29) is 5.91 Å². The lowest BCUT2D eigenvalue weighted by atomic mass is 10.1. The Balaban J connectivity index is 1.58. The summed E-state index contributed by atoms with van der Waals surface area (Å²) >= 11 is 0. The first kappa shape index (κ1) is 19.6. The molecule has 0 radical (unpaired) electrons. The van der Waals surface area contributed by atoms with E-state index in [2.05, 4.69) is 28.3 Å². The average Bonchev–Trinajstić information content (AvgIpc) is 3.11.